The van der Waals surface area contributed by atoms with Crippen molar-refractivity contribution in [2.45, 2.75) is 0 Å². The zero-order valence-corrected chi connectivity index (χ0v) is 13.7. The van der Waals surface area contributed by atoms with Crippen molar-refractivity contribution in [3.8, 4) is 0 Å². The van der Waals surface area contributed by atoms with Gasteiger partial charge in [-0.2, -0.15) is 0 Å². The number of fused-ring (bicyclic) bond motifs is 4. The van der Waals surface area contributed by atoms with E-state index in [1.807, 2.05) is 23.1 Å². The number of carbonyl (C=O) groups excluding carboxylic acids is 1. The van der Waals surface area contributed by atoms with Crippen LogP contribution in [0.25, 0.3) is 21.8 Å². The molecule has 0 radical (unpaired) electrons. The summed E-state index contributed by atoms with van der Waals surface area (Å²) in [4.78, 5) is 25.0. The Hall–Kier alpha value is -2.40. The molecule has 1 N–H and O–H groups in total. The van der Waals surface area contributed by atoms with Gasteiger partial charge in [-0.15, -0.1) is 0 Å². The van der Waals surface area contributed by atoms with E-state index < -0.39 is 0 Å². The van der Waals surface area contributed by atoms with Crippen LogP contribution in [0, 0.1) is 11.8 Å². The summed E-state index contributed by atoms with van der Waals surface area (Å²) in [5.41, 5.74) is 2.62. The van der Waals surface area contributed by atoms with Crippen LogP contribution >= 0.6 is 0 Å². The van der Waals surface area contributed by atoms with E-state index in [4.69, 9.17) is 0 Å². The zero-order valence-electron chi connectivity index (χ0n) is 13.7. The minimum Gasteiger partial charge on any atom is -0.353 e. The lowest BCUT2D eigenvalue weighted by Crippen LogP contribution is -2.32. The summed E-state index contributed by atoms with van der Waals surface area (Å²) in [6, 6.07) is 10.1. The number of carbonyl (C=O) groups is 1. The molecule has 2 saturated heterocycles. The van der Waals surface area contributed by atoms with Gasteiger partial charge >= 0.3 is 0 Å². The Morgan fingerprint density at radius 2 is 1.83 bits per heavy atom. The van der Waals surface area contributed by atoms with Crippen LogP contribution in [0.2, 0.25) is 0 Å². The van der Waals surface area contributed by atoms with Crippen LogP contribution in [0.1, 0.15) is 10.5 Å². The highest BCUT2D eigenvalue weighted by Gasteiger charge is 2.40. The molecule has 0 unspecified atom stereocenters. The fourth-order valence-corrected chi connectivity index (χ4v) is 4.42. The van der Waals surface area contributed by atoms with E-state index in [0.717, 1.165) is 48.0 Å². The summed E-state index contributed by atoms with van der Waals surface area (Å²) in [5, 5.41) is 2.21. The van der Waals surface area contributed by atoms with E-state index in [1.165, 1.54) is 0 Å². The minimum atomic E-state index is 0.0687. The van der Waals surface area contributed by atoms with Crippen LogP contribution in [-0.4, -0.2) is 58.9 Å². The standard InChI is InChI=1S/C19H20N4O/c1-22-8-12-10-23(11-13(12)9-22)19(24)17-6-15-14-4-2-3-5-16(14)21-18(15)7-20-17/h2-7,12-13,21H,8-11H2,1H3/t12-,13+. The molecule has 5 heteroatoms. The fourth-order valence-electron chi connectivity index (χ4n) is 4.42. The second-order valence-corrected chi connectivity index (χ2v) is 7.24. The third-order valence-corrected chi connectivity index (χ3v) is 5.57. The Kier molecular flexibility index (Phi) is 2.94. The van der Waals surface area contributed by atoms with Gasteiger partial charge in [-0.3, -0.25) is 4.79 Å². The number of hydrogen-bond acceptors (Lipinski definition) is 3. The number of aromatic amines is 1. The van der Waals surface area contributed by atoms with Gasteiger partial charge in [0.05, 0.1) is 11.7 Å². The van der Waals surface area contributed by atoms with Gasteiger partial charge in [0.25, 0.3) is 5.91 Å². The lowest BCUT2D eigenvalue weighted by atomic mass is 10.0. The summed E-state index contributed by atoms with van der Waals surface area (Å²) >= 11 is 0. The second kappa shape index (κ2) is 5.05. The molecular weight excluding hydrogens is 300 g/mol. The molecule has 0 bridgehead atoms. The molecule has 0 saturated carbocycles. The third-order valence-electron chi connectivity index (χ3n) is 5.57. The topological polar surface area (TPSA) is 52.2 Å². The molecular formula is C19H20N4O. The average molecular weight is 320 g/mol. The lowest BCUT2D eigenvalue weighted by molar-refractivity contribution is 0.0770. The Morgan fingerprint density at radius 3 is 2.62 bits per heavy atom. The number of para-hydroxylation sites is 1. The second-order valence-electron chi connectivity index (χ2n) is 7.24. The molecule has 5 nitrogen and oxygen atoms in total. The molecule has 0 spiro atoms. The van der Waals surface area contributed by atoms with Crippen molar-refractivity contribution in [3.05, 3.63) is 42.2 Å². The van der Waals surface area contributed by atoms with E-state index in [0.29, 0.717) is 17.5 Å². The number of aromatic nitrogens is 2. The molecule has 1 amide bonds. The Bertz CT molecular complexity index is 933. The fraction of sp³-hybridized carbons (Fsp3) is 0.368. The number of likely N-dealkylation sites (tertiary alicyclic amines) is 2. The van der Waals surface area contributed by atoms with Crippen molar-refractivity contribution in [1.82, 2.24) is 19.8 Å². The smallest absolute Gasteiger partial charge is 0.272 e. The molecule has 1 aromatic carbocycles. The Labute approximate surface area is 140 Å². The quantitative estimate of drug-likeness (QED) is 0.749. The summed E-state index contributed by atoms with van der Waals surface area (Å²) in [5.74, 6) is 1.31. The number of benzene rings is 1. The van der Waals surface area contributed by atoms with Crippen LogP contribution in [-0.2, 0) is 0 Å². The average Bonchev–Trinajstić information content (AvgIpc) is 3.23. The van der Waals surface area contributed by atoms with Gasteiger partial charge in [0.15, 0.2) is 0 Å². The first-order chi connectivity index (χ1) is 11.7. The van der Waals surface area contributed by atoms with E-state index in [-0.39, 0.29) is 5.91 Å². The van der Waals surface area contributed by atoms with Gasteiger partial charge in [-0.25, -0.2) is 4.98 Å². The van der Waals surface area contributed by atoms with Gasteiger partial charge in [-0.1, -0.05) is 18.2 Å². The van der Waals surface area contributed by atoms with Gasteiger partial charge in [0.1, 0.15) is 5.69 Å². The maximum Gasteiger partial charge on any atom is 0.272 e. The normalized spacial score (nSPS) is 24.1. The van der Waals surface area contributed by atoms with Crippen LogP contribution in [0.3, 0.4) is 0 Å². The van der Waals surface area contributed by atoms with Gasteiger partial charge < -0.3 is 14.8 Å². The van der Waals surface area contributed by atoms with E-state index in [9.17, 15) is 4.79 Å². The summed E-state index contributed by atoms with van der Waals surface area (Å²) < 4.78 is 0. The van der Waals surface area contributed by atoms with Gasteiger partial charge in [-0.05, 0) is 31.0 Å². The maximum absolute atomic E-state index is 12.9. The first-order valence-corrected chi connectivity index (χ1v) is 8.53. The molecule has 2 aliphatic rings. The number of H-pyrrole nitrogens is 1. The number of nitrogens with one attached hydrogen (secondary N) is 1. The van der Waals surface area contributed by atoms with E-state index in [2.05, 4.69) is 34.0 Å². The molecule has 122 valence electrons. The van der Waals surface area contributed by atoms with Gasteiger partial charge in [0, 0.05) is 42.5 Å². The van der Waals surface area contributed by atoms with Crippen molar-refractivity contribution >= 4 is 27.7 Å². The van der Waals surface area contributed by atoms with Crippen LogP contribution < -0.4 is 0 Å². The first kappa shape index (κ1) is 14.0. The van der Waals surface area contributed by atoms with Crippen LogP contribution in [0.5, 0.6) is 0 Å². The molecule has 2 aromatic heterocycles. The van der Waals surface area contributed by atoms with Gasteiger partial charge in [0.2, 0.25) is 0 Å². The number of nitrogens with zero attached hydrogens (tertiary/aromatic N) is 3. The largest absolute Gasteiger partial charge is 0.353 e. The van der Waals surface area contributed by atoms with Crippen molar-refractivity contribution in [3.63, 3.8) is 0 Å². The summed E-state index contributed by atoms with van der Waals surface area (Å²) in [6.45, 7) is 3.93. The van der Waals surface area contributed by atoms with E-state index in [1.54, 1.807) is 6.20 Å². The van der Waals surface area contributed by atoms with Crippen molar-refractivity contribution < 1.29 is 4.79 Å². The summed E-state index contributed by atoms with van der Waals surface area (Å²) in [7, 11) is 2.16. The first-order valence-electron chi connectivity index (χ1n) is 8.53. The predicted octanol–water partition coefficient (Wildman–Crippen LogP) is 2.35. The Balaban J connectivity index is 1.48. The minimum absolute atomic E-state index is 0.0687. The molecule has 24 heavy (non-hydrogen) atoms. The molecule has 3 aromatic rings. The predicted molar refractivity (Wildman–Crippen MR) is 94.0 cm³/mol. The third kappa shape index (κ3) is 2.04. The molecule has 0 aliphatic carbocycles. The lowest BCUT2D eigenvalue weighted by Gasteiger charge is -2.19. The molecule has 2 atom stereocenters. The number of hydrogen-bond donors (Lipinski definition) is 1. The van der Waals surface area contributed by atoms with Crippen molar-refractivity contribution in [2.24, 2.45) is 11.8 Å². The number of amides is 1. The number of pyridine rings is 1. The molecule has 2 aliphatic heterocycles. The highest BCUT2D eigenvalue weighted by atomic mass is 16.2. The van der Waals surface area contributed by atoms with Crippen LogP contribution in [0.15, 0.2) is 36.5 Å². The van der Waals surface area contributed by atoms with Crippen molar-refractivity contribution in [2.75, 3.05) is 33.2 Å². The highest BCUT2D eigenvalue weighted by molar-refractivity contribution is 6.09. The summed E-state index contributed by atoms with van der Waals surface area (Å²) in [6.07, 6.45) is 1.78. The Morgan fingerprint density at radius 1 is 1.08 bits per heavy atom. The zero-order chi connectivity index (χ0) is 16.3. The monoisotopic (exact) mass is 320 g/mol. The van der Waals surface area contributed by atoms with Crippen molar-refractivity contribution in [1.29, 1.82) is 0 Å². The van der Waals surface area contributed by atoms with E-state index >= 15 is 0 Å². The maximum atomic E-state index is 12.9. The highest BCUT2D eigenvalue weighted by Crippen LogP contribution is 2.31. The SMILES string of the molecule is CN1C[C@@H]2CN(C(=O)c3cc4c(cn3)[nH]c3ccccc34)C[C@@H]2C1. The molecule has 4 heterocycles. The molecule has 2 fully saturated rings. The number of rotatable bonds is 1. The molecule has 5 rings (SSSR count). The van der Waals surface area contributed by atoms with Crippen LogP contribution in [0.4, 0.5) is 0 Å².